The van der Waals surface area contributed by atoms with E-state index in [1.165, 1.54) is 5.56 Å². The average molecular weight is 426 g/mol. The maximum atomic E-state index is 5.58. The van der Waals surface area contributed by atoms with E-state index in [2.05, 4.69) is 36.2 Å². The second-order valence-electron chi connectivity index (χ2n) is 7.42. The predicted octanol–water partition coefficient (Wildman–Crippen LogP) is 4.95. The fourth-order valence-corrected chi connectivity index (χ4v) is 3.83. The third-order valence-electron chi connectivity index (χ3n) is 5.46. The van der Waals surface area contributed by atoms with Gasteiger partial charge in [-0.15, -0.1) is 5.10 Å². The first-order valence-electron chi connectivity index (χ1n) is 10.1. The molecular formula is C25H22N4O3. The third-order valence-corrected chi connectivity index (χ3v) is 5.46. The topological polar surface area (TPSA) is 70.8 Å². The quantitative estimate of drug-likeness (QED) is 0.396. The molecule has 7 nitrogen and oxygen atoms in total. The lowest BCUT2D eigenvalue weighted by molar-refractivity contribution is 0.324. The maximum Gasteiger partial charge on any atom is 0.203 e. The molecule has 0 fully saturated rings. The predicted molar refractivity (Wildman–Crippen MR) is 124 cm³/mol. The van der Waals surface area contributed by atoms with Gasteiger partial charge in [0.15, 0.2) is 22.8 Å². The van der Waals surface area contributed by atoms with Crippen LogP contribution in [-0.2, 0) is 0 Å². The number of hydrogen-bond donors (Lipinski definition) is 0. The molecule has 0 amide bonds. The molecule has 0 unspecified atom stereocenters. The van der Waals surface area contributed by atoms with Crippen molar-refractivity contribution >= 4 is 16.7 Å². The molecule has 0 spiro atoms. The van der Waals surface area contributed by atoms with Crippen LogP contribution in [0.1, 0.15) is 5.56 Å². The van der Waals surface area contributed by atoms with E-state index in [9.17, 15) is 0 Å². The first kappa shape index (κ1) is 19.8. The van der Waals surface area contributed by atoms with E-state index in [1.54, 1.807) is 27.5 Å². The summed E-state index contributed by atoms with van der Waals surface area (Å²) in [5.41, 5.74) is 6.11. The molecule has 5 aromatic rings. The molecule has 0 aliphatic carbocycles. The number of ether oxygens (including phenoxy) is 3. The van der Waals surface area contributed by atoms with E-state index < -0.39 is 0 Å². The molecular weight excluding hydrogens is 404 g/mol. The standard InChI is InChI=1S/C25H22N4O3/c1-15-7-9-16(10-8-15)19-14-20(17-12-21(30-2)23(32-4)22(13-17)31-3)29-25(27-19)18-6-5-11-26-24(18)28-29/h5-14H,1-4H3. The molecule has 0 aliphatic heterocycles. The lowest BCUT2D eigenvalue weighted by Gasteiger charge is -2.15. The minimum Gasteiger partial charge on any atom is -0.493 e. The van der Waals surface area contributed by atoms with E-state index >= 15 is 0 Å². The summed E-state index contributed by atoms with van der Waals surface area (Å²) in [6.45, 7) is 2.07. The lowest BCUT2D eigenvalue weighted by Crippen LogP contribution is -2.00. The third kappa shape index (κ3) is 3.19. The maximum absolute atomic E-state index is 5.58. The number of nitrogens with zero attached hydrogens (tertiary/aromatic N) is 4. The van der Waals surface area contributed by atoms with Crippen molar-refractivity contribution in [3.05, 3.63) is 66.4 Å². The summed E-state index contributed by atoms with van der Waals surface area (Å²) in [7, 11) is 4.80. The van der Waals surface area contributed by atoms with Gasteiger partial charge in [-0.25, -0.2) is 14.5 Å². The van der Waals surface area contributed by atoms with Gasteiger partial charge in [0.2, 0.25) is 5.75 Å². The summed E-state index contributed by atoms with van der Waals surface area (Å²) < 4.78 is 18.5. The van der Waals surface area contributed by atoms with Crippen LogP contribution >= 0.6 is 0 Å². The summed E-state index contributed by atoms with van der Waals surface area (Å²) in [4.78, 5) is 9.36. The smallest absolute Gasteiger partial charge is 0.203 e. The molecule has 7 heteroatoms. The zero-order valence-corrected chi connectivity index (χ0v) is 18.3. The Morgan fingerprint density at radius 2 is 1.53 bits per heavy atom. The summed E-state index contributed by atoms with van der Waals surface area (Å²) in [6, 6.07) is 18.0. The highest BCUT2D eigenvalue weighted by Gasteiger charge is 2.19. The Labute approximate surface area is 185 Å². The van der Waals surface area contributed by atoms with Gasteiger partial charge < -0.3 is 14.2 Å². The molecule has 0 bridgehead atoms. The van der Waals surface area contributed by atoms with Gasteiger partial charge in [0, 0.05) is 17.3 Å². The van der Waals surface area contributed by atoms with Crippen LogP contribution in [-0.4, -0.2) is 40.9 Å². The fourth-order valence-electron chi connectivity index (χ4n) is 3.83. The Hall–Kier alpha value is -4.13. The molecule has 0 aliphatic rings. The van der Waals surface area contributed by atoms with Gasteiger partial charge in [0.1, 0.15) is 0 Å². The van der Waals surface area contributed by atoms with Crippen molar-refractivity contribution < 1.29 is 14.2 Å². The molecule has 0 radical (unpaired) electrons. The van der Waals surface area contributed by atoms with Gasteiger partial charge in [0.05, 0.1) is 38.1 Å². The van der Waals surface area contributed by atoms with Gasteiger partial charge >= 0.3 is 0 Å². The molecule has 3 aromatic heterocycles. The monoisotopic (exact) mass is 426 g/mol. The van der Waals surface area contributed by atoms with Crippen molar-refractivity contribution in [2.75, 3.05) is 21.3 Å². The van der Waals surface area contributed by atoms with Crippen molar-refractivity contribution in [3.8, 4) is 39.8 Å². The number of aryl methyl sites for hydroxylation is 1. The van der Waals surface area contributed by atoms with Crippen LogP contribution in [0, 0.1) is 6.92 Å². The number of methoxy groups -OCH3 is 3. The zero-order chi connectivity index (χ0) is 22.2. The van der Waals surface area contributed by atoms with Gasteiger partial charge in [-0.05, 0) is 37.3 Å². The highest BCUT2D eigenvalue weighted by Crippen LogP contribution is 2.42. The highest BCUT2D eigenvalue weighted by molar-refractivity contribution is 5.92. The van der Waals surface area contributed by atoms with Gasteiger partial charge in [-0.3, -0.25) is 0 Å². The molecule has 0 N–H and O–H groups in total. The van der Waals surface area contributed by atoms with E-state index in [0.29, 0.717) is 22.9 Å². The SMILES string of the molecule is COc1cc(-c2cc(-c3ccc(C)cc3)nc3c4cccnc4nn23)cc(OC)c1OC. The van der Waals surface area contributed by atoms with Crippen molar-refractivity contribution in [2.45, 2.75) is 6.92 Å². The average Bonchev–Trinajstić information content (AvgIpc) is 3.21. The van der Waals surface area contributed by atoms with Crippen LogP contribution in [0.25, 0.3) is 39.2 Å². The minimum absolute atomic E-state index is 0.537. The Balaban J connectivity index is 1.85. The largest absolute Gasteiger partial charge is 0.493 e. The lowest BCUT2D eigenvalue weighted by atomic mass is 10.1. The number of rotatable bonds is 5. The molecule has 0 saturated carbocycles. The molecule has 0 atom stereocenters. The number of hydrogen-bond acceptors (Lipinski definition) is 6. The fraction of sp³-hybridized carbons (Fsp3) is 0.160. The Morgan fingerprint density at radius 1 is 0.812 bits per heavy atom. The second kappa shape index (κ2) is 7.85. The van der Waals surface area contributed by atoms with Gasteiger partial charge in [-0.1, -0.05) is 29.8 Å². The van der Waals surface area contributed by atoms with E-state index in [4.69, 9.17) is 24.3 Å². The first-order valence-corrected chi connectivity index (χ1v) is 10.1. The van der Waals surface area contributed by atoms with Crippen LogP contribution < -0.4 is 14.2 Å². The van der Waals surface area contributed by atoms with E-state index in [-0.39, 0.29) is 0 Å². The van der Waals surface area contributed by atoms with Gasteiger partial charge in [-0.2, -0.15) is 0 Å². The number of pyridine rings is 1. The molecule has 3 heterocycles. The van der Waals surface area contributed by atoms with Crippen LogP contribution in [0.15, 0.2) is 60.8 Å². The van der Waals surface area contributed by atoms with Crippen molar-refractivity contribution in [2.24, 2.45) is 0 Å². The normalized spacial score (nSPS) is 11.1. The van der Waals surface area contributed by atoms with Gasteiger partial charge in [0.25, 0.3) is 0 Å². The summed E-state index contributed by atoms with van der Waals surface area (Å²) in [6.07, 6.45) is 1.73. The first-order chi connectivity index (χ1) is 15.6. The summed E-state index contributed by atoms with van der Waals surface area (Å²) >= 11 is 0. The molecule has 0 saturated heterocycles. The van der Waals surface area contributed by atoms with Crippen molar-refractivity contribution in [1.29, 1.82) is 0 Å². The zero-order valence-electron chi connectivity index (χ0n) is 18.3. The van der Waals surface area contributed by atoms with E-state index in [1.807, 2.05) is 34.8 Å². The highest BCUT2D eigenvalue weighted by atomic mass is 16.5. The molecule has 5 rings (SSSR count). The molecule has 2 aromatic carbocycles. The number of benzene rings is 2. The summed E-state index contributed by atoms with van der Waals surface area (Å²) in [5, 5.41) is 5.61. The van der Waals surface area contributed by atoms with Crippen LogP contribution in [0.4, 0.5) is 0 Å². The number of fused-ring (bicyclic) bond motifs is 3. The minimum atomic E-state index is 0.537. The Bertz CT molecular complexity index is 1420. The number of aromatic nitrogens is 4. The second-order valence-corrected chi connectivity index (χ2v) is 7.42. The van der Waals surface area contributed by atoms with Crippen molar-refractivity contribution in [1.82, 2.24) is 19.6 Å². The van der Waals surface area contributed by atoms with Crippen molar-refractivity contribution in [3.63, 3.8) is 0 Å². The van der Waals surface area contributed by atoms with E-state index in [0.717, 1.165) is 33.5 Å². The molecule has 160 valence electrons. The summed E-state index contributed by atoms with van der Waals surface area (Å²) in [5.74, 6) is 1.67. The molecule has 32 heavy (non-hydrogen) atoms. The van der Waals surface area contributed by atoms with Crippen LogP contribution in [0.3, 0.4) is 0 Å². The van der Waals surface area contributed by atoms with Crippen LogP contribution in [0.5, 0.6) is 17.2 Å². The Kier molecular flexibility index (Phi) is 4.86. The Morgan fingerprint density at radius 3 is 2.19 bits per heavy atom. The van der Waals surface area contributed by atoms with Crippen LogP contribution in [0.2, 0.25) is 0 Å².